The molecule has 0 aliphatic heterocycles. The molecule has 1 heterocycles. The zero-order valence-electron chi connectivity index (χ0n) is 12.6. The van der Waals surface area contributed by atoms with Crippen molar-refractivity contribution in [2.24, 2.45) is 13.0 Å². The van der Waals surface area contributed by atoms with E-state index in [0.29, 0.717) is 23.9 Å². The van der Waals surface area contributed by atoms with Gasteiger partial charge in [-0.15, -0.1) is 0 Å². The minimum absolute atomic E-state index is 0.398. The number of nitrogens with zero attached hydrogens (tertiary/aromatic N) is 2. The summed E-state index contributed by atoms with van der Waals surface area (Å²) in [5.74, 6) is 0.541. The largest absolute Gasteiger partial charge is 0.352 e. The summed E-state index contributed by atoms with van der Waals surface area (Å²) in [4.78, 5) is 0.398. The van der Waals surface area contributed by atoms with Gasteiger partial charge < -0.3 is 9.88 Å². The van der Waals surface area contributed by atoms with Gasteiger partial charge in [0.05, 0.1) is 0 Å². The first-order chi connectivity index (χ1) is 9.45. The molecular weight excluding hydrogens is 274 g/mol. The molecule has 0 atom stereocenters. The van der Waals surface area contributed by atoms with Gasteiger partial charge >= 0.3 is 0 Å². The van der Waals surface area contributed by atoms with E-state index < -0.39 is 10.0 Å². The molecule has 0 saturated heterocycles. The van der Waals surface area contributed by atoms with Crippen molar-refractivity contribution in [2.75, 3.05) is 20.1 Å². The summed E-state index contributed by atoms with van der Waals surface area (Å²) in [5.41, 5.74) is 0.988. The van der Waals surface area contributed by atoms with Crippen LogP contribution < -0.4 is 5.32 Å². The quantitative estimate of drug-likeness (QED) is 0.831. The normalized spacial score (nSPS) is 16.6. The highest BCUT2D eigenvalue weighted by Gasteiger charge is 2.27. The lowest BCUT2D eigenvalue weighted by Gasteiger charge is -2.29. The molecule has 1 saturated carbocycles. The highest BCUT2D eigenvalue weighted by Crippen LogP contribution is 2.28. The summed E-state index contributed by atoms with van der Waals surface area (Å²) in [6, 6.07) is 1.77. The second-order valence-corrected chi connectivity index (χ2v) is 7.69. The molecule has 0 unspecified atom stereocenters. The Balaban J connectivity index is 2.11. The lowest BCUT2D eigenvalue weighted by atomic mass is 9.86. The van der Waals surface area contributed by atoms with E-state index in [1.165, 1.54) is 10.7 Å². The van der Waals surface area contributed by atoms with Crippen molar-refractivity contribution >= 4 is 10.0 Å². The zero-order chi connectivity index (χ0) is 14.8. The first-order valence-electron chi connectivity index (χ1n) is 7.27. The third-order valence-electron chi connectivity index (χ3n) is 4.09. The average Bonchev–Trinajstić information content (AvgIpc) is 2.73. The van der Waals surface area contributed by atoms with Crippen molar-refractivity contribution in [1.82, 2.24) is 14.2 Å². The molecule has 1 aromatic rings. The molecule has 0 amide bonds. The summed E-state index contributed by atoms with van der Waals surface area (Å²) < 4.78 is 28.5. The minimum Gasteiger partial charge on any atom is -0.352 e. The molecule has 20 heavy (non-hydrogen) atoms. The Morgan fingerprint density at radius 1 is 1.45 bits per heavy atom. The fourth-order valence-corrected chi connectivity index (χ4v) is 3.81. The fourth-order valence-electron chi connectivity index (χ4n) is 2.46. The van der Waals surface area contributed by atoms with Gasteiger partial charge in [0.25, 0.3) is 0 Å². The molecule has 0 aromatic carbocycles. The topological polar surface area (TPSA) is 54.3 Å². The van der Waals surface area contributed by atoms with Crippen molar-refractivity contribution in [3.8, 4) is 0 Å². The van der Waals surface area contributed by atoms with Gasteiger partial charge in [-0.05, 0) is 31.4 Å². The zero-order valence-corrected chi connectivity index (χ0v) is 13.4. The Morgan fingerprint density at radius 3 is 2.70 bits per heavy atom. The van der Waals surface area contributed by atoms with Crippen molar-refractivity contribution in [3.05, 3.63) is 18.0 Å². The molecule has 1 fully saturated rings. The number of hydrogen-bond donors (Lipinski definition) is 1. The number of aromatic nitrogens is 1. The number of rotatable bonds is 7. The van der Waals surface area contributed by atoms with E-state index in [-0.39, 0.29) is 0 Å². The summed E-state index contributed by atoms with van der Waals surface area (Å²) >= 11 is 0. The molecule has 2 rings (SSSR count). The number of sulfonamides is 1. The predicted molar refractivity (Wildman–Crippen MR) is 80.0 cm³/mol. The third-order valence-corrected chi connectivity index (χ3v) is 5.88. The first-order valence-corrected chi connectivity index (χ1v) is 8.71. The molecule has 1 aliphatic carbocycles. The van der Waals surface area contributed by atoms with E-state index in [2.05, 4.69) is 5.32 Å². The van der Waals surface area contributed by atoms with Gasteiger partial charge in [0.2, 0.25) is 10.0 Å². The average molecular weight is 299 g/mol. The van der Waals surface area contributed by atoms with Gasteiger partial charge in [-0.25, -0.2) is 12.7 Å². The van der Waals surface area contributed by atoms with E-state index in [0.717, 1.165) is 25.1 Å². The second kappa shape index (κ2) is 6.28. The van der Waals surface area contributed by atoms with Crippen molar-refractivity contribution in [1.29, 1.82) is 0 Å². The third kappa shape index (κ3) is 3.24. The maximum atomic E-state index is 12.5. The van der Waals surface area contributed by atoms with E-state index >= 15 is 0 Å². The maximum Gasteiger partial charge on any atom is 0.244 e. The van der Waals surface area contributed by atoms with Crippen LogP contribution in [0.5, 0.6) is 0 Å². The molecule has 1 N–H and O–H groups in total. The van der Waals surface area contributed by atoms with E-state index in [9.17, 15) is 8.42 Å². The first kappa shape index (κ1) is 15.5. The maximum absolute atomic E-state index is 12.5. The summed E-state index contributed by atoms with van der Waals surface area (Å²) in [6.45, 7) is 4.23. The summed E-state index contributed by atoms with van der Waals surface area (Å²) in [6.07, 6.45) is 5.25. The summed E-state index contributed by atoms with van der Waals surface area (Å²) in [7, 11) is 0.219. The van der Waals surface area contributed by atoms with Crippen LogP contribution in [0.4, 0.5) is 0 Å². The lowest BCUT2D eigenvalue weighted by molar-refractivity contribution is 0.263. The minimum atomic E-state index is -3.35. The standard InChI is InChI=1S/C14H25N3O2S/c1-4-15-9-13-8-14(11-16(13)2)20(18,19)17(3)10-12-6-5-7-12/h8,11-12,15H,4-7,9-10H2,1-3H3. The fraction of sp³-hybridized carbons (Fsp3) is 0.714. The van der Waals surface area contributed by atoms with Crippen LogP contribution >= 0.6 is 0 Å². The highest BCUT2D eigenvalue weighted by molar-refractivity contribution is 7.89. The highest BCUT2D eigenvalue weighted by atomic mass is 32.2. The van der Waals surface area contributed by atoms with Crippen molar-refractivity contribution < 1.29 is 8.42 Å². The van der Waals surface area contributed by atoms with Crippen LogP contribution in [0.3, 0.4) is 0 Å². The molecule has 1 aromatic heterocycles. The smallest absolute Gasteiger partial charge is 0.244 e. The molecule has 0 radical (unpaired) electrons. The number of nitrogens with one attached hydrogen (secondary N) is 1. The van der Waals surface area contributed by atoms with Gasteiger partial charge in [0.1, 0.15) is 4.90 Å². The van der Waals surface area contributed by atoms with Crippen LogP contribution in [0.1, 0.15) is 31.9 Å². The molecule has 1 aliphatic rings. The lowest BCUT2D eigenvalue weighted by Crippen LogP contribution is -2.34. The number of hydrogen-bond acceptors (Lipinski definition) is 3. The van der Waals surface area contributed by atoms with Crippen LogP contribution in [-0.2, 0) is 23.6 Å². The van der Waals surface area contributed by atoms with Crippen molar-refractivity contribution in [2.45, 2.75) is 37.6 Å². The monoisotopic (exact) mass is 299 g/mol. The van der Waals surface area contributed by atoms with Crippen LogP contribution in [0.25, 0.3) is 0 Å². The van der Waals surface area contributed by atoms with Gasteiger partial charge in [-0.3, -0.25) is 0 Å². The van der Waals surface area contributed by atoms with Crippen molar-refractivity contribution in [3.63, 3.8) is 0 Å². The van der Waals surface area contributed by atoms with E-state index in [1.807, 2.05) is 18.5 Å². The Kier molecular flexibility index (Phi) is 4.88. The SMILES string of the molecule is CCNCc1cc(S(=O)(=O)N(C)CC2CCC2)cn1C. The van der Waals surface area contributed by atoms with Crippen LogP contribution in [0, 0.1) is 5.92 Å². The molecule has 0 bridgehead atoms. The molecule has 114 valence electrons. The van der Waals surface area contributed by atoms with E-state index in [1.54, 1.807) is 19.3 Å². The molecule has 5 nitrogen and oxygen atoms in total. The van der Waals surface area contributed by atoms with Gasteiger partial charge in [0.15, 0.2) is 0 Å². The van der Waals surface area contributed by atoms with E-state index in [4.69, 9.17) is 0 Å². The van der Waals surface area contributed by atoms with Gasteiger partial charge in [0, 0.05) is 39.1 Å². The second-order valence-electron chi connectivity index (χ2n) is 5.64. The number of aryl methyl sites for hydroxylation is 1. The van der Waals surface area contributed by atoms with Crippen LogP contribution in [-0.4, -0.2) is 37.4 Å². The Labute approximate surface area is 122 Å². The summed E-state index contributed by atoms with van der Waals surface area (Å²) in [5, 5.41) is 3.22. The van der Waals surface area contributed by atoms with Crippen LogP contribution in [0.2, 0.25) is 0 Å². The Morgan fingerprint density at radius 2 is 2.15 bits per heavy atom. The van der Waals surface area contributed by atoms with Gasteiger partial charge in [-0.2, -0.15) is 0 Å². The van der Waals surface area contributed by atoms with Gasteiger partial charge in [-0.1, -0.05) is 13.3 Å². The van der Waals surface area contributed by atoms with Crippen LogP contribution in [0.15, 0.2) is 17.2 Å². The molecular formula is C14H25N3O2S. The molecule has 0 spiro atoms. The molecule has 6 heteroatoms. The Bertz CT molecular complexity index is 547. The Hall–Kier alpha value is -0.850. The predicted octanol–water partition coefficient (Wildman–Crippen LogP) is 1.56.